The van der Waals surface area contributed by atoms with Crippen LogP contribution in [0.3, 0.4) is 0 Å². The number of thiazole rings is 1. The van der Waals surface area contributed by atoms with E-state index in [0.29, 0.717) is 5.11 Å². The van der Waals surface area contributed by atoms with Gasteiger partial charge in [-0.25, -0.2) is 4.98 Å². The summed E-state index contributed by atoms with van der Waals surface area (Å²) in [7, 11) is 0. The number of nitrogens with one attached hydrogen (secondary N) is 2. The van der Waals surface area contributed by atoms with Crippen LogP contribution < -0.4 is 10.6 Å². The fourth-order valence-corrected chi connectivity index (χ4v) is 4.26. The molecule has 22 heavy (non-hydrogen) atoms. The maximum atomic E-state index is 5.42. The minimum absolute atomic E-state index is 0.177. The highest BCUT2D eigenvalue weighted by molar-refractivity contribution is 7.80. The number of benzene rings is 1. The van der Waals surface area contributed by atoms with Gasteiger partial charge in [-0.3, -0.25) is 0 Å². The van der Waals surface area contributed by atoms with Crippen molar-refractivity contribution in [3.8, 4) is 0 Å². The molecule has 1 heterocycles. The Bertz CT molecular complexity index is 651. The van der Waals surface area contributed by atoms with Crippen LogP contribution in [0.1, 0.15) is 42.4 Å². The molecule has 0 saturated carbocycles. The first-order chi connectivity index (χ1) is 10.6. The van der Waals surface area contributed by atoms with Crippen LogP contribution in [0.5, 0.6) is 0 Å². The van der Waals surface area contributed by atoms with E-state index < -0.39 is 0 Å². The Hall–Kier alpha value is -1.46. The van der Waals surface area contributed by atoms with Gasteiger partial charge in [0.1, 0.15) is 0 Å². The van der Waals surface area contributed by atoms with Crippen LogP contribution >= 0.6 is 23.6 Å². The molecule has 2 unspecified atom stereocenters. The fraction of sp³-hybridized carbons (Fsp3) is 0.412. The number of rotatable bonds is 3. The molecule has 116 valence electrons. The second kappa shape index (κ2) is 6.75. The van der Waals surface area contributed by atoms with Gasteiger partial charge in [0, 0.05) is 4.88 Å². The second-order valence-corrected chi connectivity index (χ2v) is 7.46. The topological polar surface area (TPSA) is 37.0 Å². The summed E-state index contributed by atoms with van der Waals surface area (Å²) >= 11 is 7.16. The maximum absolute atomic E-state index is 5.42. The first-order valence-electron chi connectivity index (χ1n) is 7.73. The quantitative estimate of drug-likeness (QED) is 0.822. The van der Waals surface area contributed by atoms with Crippen molar-refractivity contribution in [3.63, 3.8) is 0 Å². The van der Waals surface area contributed by atoms with E-state index in [1.807, 2.05) is 18.2 Å². The third-order valence-corrected chi connectivity index (χ3v) is 5.31. The van der Waals surface area contributed by atoms with Gasteiger partial charge in [-0.1, -0.05) is 37.3 Å². The molecule has 3 nitrogen and oxygen atoms in total. The molecule has 1 aromatic heterocycles. The van der Waals surface area contributed by atoms with Gasteiger partial charge in [0.15, 0.2) is 10.2 Å². The molecule has 0 fully saturated rings. The highest BCUT2D eigenvalue weighted by Gasteiger charge is 2.20. The molecular formula is C17H21N3S2. The Labute approximate surface area is 141 Å². The molecule has 2 aromatic rings. The first kappa shape index (κ1) is 15.4. The van der Waals surface area contributed by atoms with Crippen molar-refractivity contribution in [1.82, 2.24) is 10.3 Å². The van der Waals surface area contributed by atoms with Crippen LogP contribution in [0, 0.1) is 5.92 Å². The molecule has 1 aliphatic rings. The van der Waals surface area contributed by atoms with Crippen molar-refractivity contribution < 1.29 is 0 Å². The van der Waals surface area contributed by atoms with Crippen LogP contribution in [-0.2, 0) is 12.8 Å². The van der Waals surface area contributed by atoms with E-state index in [-0.39, 0.29) is 6.04 Å². The van der Waals surface area contributed by atoms with Crippen molar-refractivity contribution in [3.05, 3.63) is 46.5 Å². The summed E-state index contributed by atoms with van der Waals surface area (Å²) in [5.74, 6) is 0.768. The average molecular weight is 332 g/mol. The number of hydrogen-bond acceptors (Lipinski definition) is 3. The van der Waals surface area contributed by atoms with E-state index in [9.17, 15) is 0 Å². The van der Waals surface area contributed by atoms with E-state index in [0.717, 1.165) is 23.9 Å². The van der Waals surface area contributed by atoms with Gasteiger partial charge in [-0.05, 0) is 49.9 Å². The minimum Gasteiger partial charge on any atom is -0.356 e. The molecule has 0 radical (unpaired) electrons. The Morgan fingerprint density at radius 3 is 2.91 bits per heavy atom. The summed E-state index contributed by atoms with van der Waals surface area (Å²) in [6.07, 6.45) is 3.48. The number of fused-ring (bicyclic) bond motifs is 1. The van der Waals surface area contributed by atoms with Gasteiger partial charge in [0.25, 0.3) is 0 Å². The highest BCUT2D eigenvalue weighted by Crippen LogP contribution is 2.32. The van der Waals surface area contributed by atoms with E-state index in [1.54, 1.807) is 11.3 Å². The van der Waals surface area contributed by atoms with E-state index in [1.165, 1.54) is 22.6 Å². The van der Waals surface area contributed by atoms with Crippen LogP contribution in [0.25, 0.3) is 0 Å². The van der Waals surface area contributed by atoms with E-state index in [4.69, 9.17) is 12.2 Å². The Balaban J connectivity index is 1.60. The second-order valence-electron chi connectivity index (χ2n) is 5.97. The van der Waals surface area contributed by atoms with Gasteiger partial charge < -0.3 is 10.6 Å². The maximum Gasteiger partial charge on any atom is 0.189 e. The minimum atomic E-state index is 0.177. The predicted octanol–water partition coefficient (Wildman–Crippen LogP) is 4.32. The smallest absolute Gasteiger partial charge is 0.189 e. The summed E-state index contributed by atoms with van der Waals surface area (Å²) in [5.41, 5.74) is 2.48. The summed E-state index contributed by atoms with van der Waals surface area (Å²) in [5, 5.41) is 8.11. The number of nitrogens with zero attached hydrogens (tertiary/aromatic N) is 1. The summed E-state index contributed by atoms with van der Waals surface area (Å²) < 4.78 is 0. The SMILES string of the molecule is CC1CCc2nc(NC(=S)NC(C)c3ccccc3)sc2C1. The average Bonchev–Trinajstić information content (AvgIpc) is 2.89. The highest BCUT2D eigenvalue weighted by atomic mass is 32.1. The lowest BCUT2D eigenvalue weighted by Crippen LogP contribution is -2.30. The molecule has 0 aliphatic heterocycles. The third kappa shape index (κ3) is 3.65. The molecule has 0 saturated heterocycles. The largest absolute Gasteiger partial charge is 0.356 e. The van der Waals surface area contributed by atoms with Crippen molar-refractivity contribution in [2.75, 3.05) is 5.32 Å². The molecule has 1 aliphatic carbocycles. The third-order valence-electron chi connectivity index (χ3n) is 4.05. The predicted molar refractivity (Wildman–Crippen MR) is 97.5 cm³/mol. The molecule has 0 bridgehead atoms. The van der Waals surface area contributed by atoms with Gasteiger partial charge in [-0.2, -0.15) is 0 Å². The van der Waals surface area contributed by atoms with Crippen LogP contribution in [0.2, 0.25) is 0 Å². The number of hydrogen-bond donors (Lipinski definition) is 2. The summed E-state index contributed by atoms with van der Waals surface area (Å²) in [6.45, 7) is 4.42. The summed E-state index contributed by atoms with van der Waals surface area (Å²) in [4.78, 5) is 6.10. The van der Waals surface area contributed by atoms with Crippen molar-refractivity contribution in [2.24, 2.45) is 5.92 Å². The van der Waals surface area contributed by atoms with Crippen LogP contribution in [-0.4, -0.2) is 10.1 Å². The van der Waals surface area contributed by atoms with Gasteiger partial charge in [0.2, 0.25) is 0 Å². The standard InChI is InChI=1S/C17H21N3S2/c1-11-8-9-14-15(10-11)22-17(19-14)20-16(21)18-12(2)13-6-4-3-5-7-13/h3-7,11-12H,8-10H2,1-2H3,(H2,18,19,20,21). The normalized spacial score (nSPS) is 18.4. The lowest BCUT2D eigenvalue weighted by atomic mass is 9.93. The van der Waals surface area contributed by atoms with Crippen molar-refractivity contribution >= 4 is 33.8 Å². The van der Waals surface area contributed by atoms with Crippen LogP contribution in [0.4, 0.5) is 5.13 Å². The molecule has 1 aromatic carbocycles. The van der Waals surface area contributed by atoms with Gasteiger partial charge in [0.05, 0.1) is 11.7 Å². The van der Waals surface area contributed by atoms with Gasteiger partial charge >= 0.3 is 0 Å². The zero-order valence-corrected chi connectivity index (χ0v) is 14.6. The Kier molecular flexibility index (Phi) is 4.74. The number of anilines is 1. The Morgan fingerprint density at radius 2 is 2.14 bits per heavy atom. The van der Waals surface area contributed by atoms with E-state index in [2.05, 4.69) is 41.6 Å². The monoisotopic (exact) mass is 331 g/mol. The van der Waals surface area contributed by atoms with Gasteiger partial charge in [-0.15, -0.1) is 11.3 Å². The lowest BCUT2D eigenvalue weighted by molar-refractivity contribution is 0.502. The molecular weight excluding hydrogens is 310 g/mol. The number of aryl methyl sites for hydroxylation is 1. The first-order valence-corrected chi connectivity index (χ1v) is 8.95. The molecule has 2 atom stereocenters. The fourth-order valence-electron chi connectivity index (χ4n) is 2.75. The number of aromatic nitrogens is 1. The zero-order chi connectivity index (χ0) is 15.5. The molecule has 0 spiro atoms. The van der Waals surface area contributed by atoms with E-state index >= 15 is 0 Å². The molecule has 5 heteroatoms. The molecule has 3 rings (SSSR count). The zero-order valence-electron chi connectivity index (χ0n) is 12.9. The van der Waals surface area contributed by atoms with Crippen molar-refractivity contribution in [1.29, 1.82) is 0 Å². The van der Waals surface area contributed by atoms with Crippen LogP contribution in [0.15, 0.2) is 30.3 Å². The number of thiocarbonyl (C=S) groups is 1. The molecule has 2 N–H and O–H groups in total. The summed E-state index contributed by atoms with van der Waals surface area (Å²) in [6, 6.07) is 10.5. The Morgan fingerprint density at radius 1 is 1.36 bits per heavy atom. The molecule has 0 amide bonds. The lowest BCUT2D eigenvalue weighted by Gasteiger charge is -2.16. The van der Waals surface area contributed by atoms with Crippen molar-refractivity contribution in [2.45, 2.75) is 39.2 Å².